The van der Waals surface area contributed by atoms with E-state index in [2.05, 4.69) is 24.1 Å². The Morgan fingerprint density at radius 1 is 1.39 bits per heavy atom. The van der Waals surface area contributed by atoms with Crippen molar-refractivity contribution in [3.8, 4) is 0 Å². The van der Waals surface area contributed by atoms with E-state index in [1.807, 2.05) is 6.92 Å². The zero-order valence-electron chi connectivity index (χ0n) is 12.2. The van der Waals surface area contributed by atoms with Crippen molar-refractivity contribution in [2.24, 2.45) is 5.92 Å². The van der Waals surface area contributed by atoms with Gasteiger partial charge in [0.05, 0.1) is 12.2 Å². The fraction of sp³-hybridized carbons (Fsp3) is 1.00. The van der Waals surface area contributed by atoms with Gasteiger partial charge in [-0.2, -0.15) is 0 Å². The maximum Gasteiger partial charge on any atom is 0.0791 e. The van der Waals surface area contributed by atoms with Crippen LogP contribution < -0.4 is 5.32 Å². The Morgan fingerprint density at radius 3 is 2.83 bits per heavy atom. The summed E-state index contributed by atoms with van der Waals surface area (Å²) in [6, 6.07) is 0. The van der Waals surface area contributed by atoms with E-state index in [1.165, 1.54) is 6.42 Å². The Hall–Kier alpha value is -0.160. The molecule has 0 radical (unpaired) electrons. The number of rotatable bonds is 8. The van der Waals surface area contributed by atoms with Crippen molar-refractivity contribution < 1.29 is 9.84 Å². The molecule has 0 aliphatic carbocycles. The third kappa shape index (κ3) is 6.69. The lowest BCUT2D eigenvalue weighted by Crippen LogP contribution is -2.45. The van der Waals surface area contributed by atoms with Gasteiger partial charge in [-0.1, -0.05) is 13.8 Å². The molecule has 1 saturated heterocycles. The zero-order valence-corrected chi connectivity index (χ0v) is 12.2. The van der Waals surface area contributed by atoms with E-state index in [0.717, 1.165) is 39.2 Å². The van der Waals surface area contributed by atoms with Gasteiger partial charge in [-0.05, 0) is 38.8 Å². The first-order valence-electron chi connectivity index (χ1n) is 7.34. The van der Waals surface area contributed by atoms with Crippen molar-refractivity contribution in [1.29, 1.82) is 0 Å². The number of aliphatic hydroxyl groups excluding tert-OH is 1. The molecule has 4 nitrogen and oxygen atoms in total. The molecule has 1 fully saturated rings. The zero-order chi connectivity index (χ0) is 13.4. The van der Waals surface area contributed by atoms with Crippen molar-refractivity contribution in [1.82, 2.24) is 10.2 Å². The van der Waals surface area contributed by atoms with Crippen LogP contribution >= 0.6 is 0 Å². The second-order valence-electron chi connectivity index (χ2n) is 5.69. The molecule has 0 aromatic heterocycles. The van der Waals surface area contributed by atoms with E-state index in [4.69, 9.17) is 4.74 Å². The Kier molecular flexibility index (Phi) is 7.82. The third-order valence-electron chi connectivity index (χ3n) is 3.27. The summed E-state index contributed by atoms with van der Waals surface area (Å²) in [5.41, 5.74) is 0. The highest BCUT2D eigenvalue weighted by Gasteiger charge is 2.21. The van der Waals surface area contributed by atoms with E-state index in [0.29, 0.717) is 18.6 Å². The second kappa shape index (κ2) is 8.86. The lowest BCUT2D eigenvalue weighted by molar-refractivity contribution is -0.00660. The Balaban J connectivity index is 2.16. The lowest BCUT2D eigenvalue weighted by Gasteiger charge is -2.33. The molecule has 0 spiro atoms. The highest BCUT2D eigenvalue weighted by atomic mass is 16.5. The van der Waals surface area contributed by atoms with Crippen LogP contribution in [-0.2, 0) is 4.74 Å². The predicted molar refractivity (Wildman–Crippen MR) is 74.8 cm³/mol. The van der Waals surface area contributed by atoms with Crippen LogP contribution in [0.3, 0.4) is 0 Å². The van der Waals surface area contributed by atoms with Crippen molar-refractivity contribution in [2.45, 2.75) is 45.8 Å². The molecule has 1 aliphatic rings. The Morgan fingerprint density at radius 2 is 2.17 bits per heavy atom. The monoisotopic (exact) mass is 258 g/mol. The molecule has 0 bridgehead atoms. The first kappa shape index (κ1) is 15.9. The fourth-order valence-corrected chi connectivity index (χ4v) is 2.45. The maximum atomic E-state index is 9.99. The van der Waals surface area contributed by atoms with Gasteiger partial charge in [0, 0.05) is 26.2 Å². The molecule has 1 aliphatic heterocycles. The molecule has 0 saturated carbocycles. The van der Waals surface area contributed by atoms with Gasteiger partial charge in [0.1, 0.15) is 0 Å². The molecule has 0 aromatic carbocycles. The first-order chi connectivity index (χ1) is 8.61. The number of nitrogens with zero attached hydrogens (tertiary/aromatic N) is 1. The van der Waals surface area contributed by atoms with Crippen LogP contribution in [0.2, 0.25) is 0 Å². The minimum atomic E-state index is -0.274. The normalized spacial score (nSPS) is 23.5. The van der Waals surface area contributed by atoms with Crippen LogP contribution in [0.5, 0.6) is 0 Å². The quantitative estimate of drug-likeness (QED) is 0.684. The number of piperidine rings is 1. The molecule has 1 rings (SSSR count). The van der Waals surface area contributed by atoms with E-state index in [-0.39, 0.29) is 6.10 Å². The summed E-state index contributed by atoms with van der Waals surface area (Å²) in [7, 11) is 0. The van der Waals surface area contributed by atoms with Crippen LogP contribution in [0, 0.1) is 5.92 Å². The van der Waals surface area contributed by atoms with E-state index >= 15 is 0 Å². The molecule has 18 heavy (non-hydrogen) atoms. The van der Waals surface area contributed by atoms with Gasteiger partial charge in [-0.25, -0.2) is 0 Å². The fourth-order valence-electron chi connectivity index (χ4n) is 2.45. The Labute approximate surface area is 112 Å². The minimum absolute atomic E-state index is 0.274. The van der Waals surface area contributed by atoms with Gasteiger partial charge < -0.3 is 15.2 Å². The average Bonchev–Trinajstić information content (AvgIpc) is 2.29. The maximum absolute atomic E-state index is 9.99. The van der Waals surface area contributed by atoms with Crippen LogP contribution in [-0.4, -0.2) is 61.5 Å². The van der Waals surface area contributed by atoms with Crippen LogP contribution in [0.25, 0.3) is 0 Å². The summed E-state index contributed by atoms with van der Waals surface area (Å²) in [5, 5.41) is 13.3. The number of likely N-dealkylation sites (tertiary alicyclic amines) is 1. The van der Waals surface area contributed by atoms with Crippen LogP contribution in [0.15, 0.2) is 0 Å². The summed E-state index contributed by atoms with van der Waals surface area (Å²) in [6.07, 6.45) is 2.42. The number of nitrogens with one attached hydrogen (secondary N) is 1. The molecule has 2 unspecified atom stereocenters. The van der Waals surface area contributed by atoms with Gasteiger partial charge in [-0.3, -0.25) is 4.90 Å². The van der Waals surface area contributed by atoms with Gasteiger partial charge in [0.2, 0.25) is 0 Å². The van der Waals surface area contributed by atoms with Crippen molar-refractivity contribution in [2.75, 3.05) is 39.3 Å². The van der Waals surface area contributed by atoms with Crippen molar-refractivity contribution in [3.63, 3.8) is 0 Å². The number of hydrogen-bond acceptors (Lipinski definition) is 4. The highest BCUT2D eigenvalue weighted by Crippen LogP contribution is 2.13. The van der Waals surface area contributed by atoms with Gasteiger partial charge in [0.25, 0.3) is 0 Å². The molecule has 1 heterocycles. The smallest absolute Gasteiger partial charge is 0.0791 e. The van der Waals surface area contributed by atoms with Crippen LogP contribution in [0.1, 0.15) is 33.6 Å². The largest absolute Gasteiger partial charge is 0.390 e. The molecular weight excluding hydrogens is 228 g/mol. The number of ether oxygens (including phenoxy) is 1. The number of β-amino-alcohol motifs (C(OH)–C–C–N with tert-alkyl or cyclic N) is 1. The lowest BCUT2D eigenvalue weighted by atomic mass is 10.1. The first-order valence-corrected chi connectivity index (χ1v) is 7.34. The SMILES string of the molecule is CCOC1CCCN(CC(O)CNCC(C)C)C1. The molecule has 4 heteroatoms. The highest BCUT2D eigenvalue weighted by molar-refractivity contribution is 4.76. The summed E-state index contributed by atoms with van der Waals surface area (Å²) >= 11 is 0. The average molecular weight is 258 g/mol. The number of aliphatic hydroxyl groups is 1. The molecule has 2 atom stereocenters. The summed E-state index contributed by atoms with van der Waals surface area (Å²) in [5.74, 6) is 0.634. The van der Waals surface area contributed by atoms with Gasteiger partial charge in [-0.15, -0.1) is 0 Å². The molecule has 0 aromatic rings. The minimum Gasteiger partial charge on any atom is -0.390 e. The topological polar surface area (TPSA) is 44.7 Å². The third-order valence-corrected chi connectivity index (χ3v) is 3.27. The number of hydrogen-bond donors (Lipinski definition) is 2. The van der Waals surface area contributed by atoms with Crippen molar-refractivity contribution >= 4 is 0 Å². The molecular formula is C14H30N2O2. The Bertz CT molecular complexity index is 210. The van der Waals surface area contributed by atoms with E-state index in [9.17, 15) is 5.11 Å². The van der Waals surface area contributed by atoms with Gasteiger partial charge >= 0.3 is 0 Å². The standard InChI is InChI=1S/C14H30N2O2/c1-4-18-14-6-5-7-16(11-14)10-13(17)9-15-8-12(2)3/h12-15,17H,4-11H2,1-3H3. The van der Waals surface area contributed by atoms with Gasteiger partial charge in [0.15, 0.2) is 0 Å². The second-order valence-corrected chi connectivity index (χ2v) is 5.69. The molecule has 2 N–H and O–H groups in total. The van der Waals surface area contributed by atoms with Crippen molar-refractivity contribution in [3.05, 3.63) is 0 Å². The summed E-state index contributed by atoms with van der Waals surface area (Å²) < 4.78 is 5.67. The summed E-state index contributed by atoms with van der Waals surface area (Å²) in [4.78, 5) is 2.32. The predicted octanol–water partition coefficient (Wildman–Crippen LogP) is 1.09. The molecule has 108 valence electrons. The van der Waals surface area contributed by atoms with E-state index in [1.54, 1.807) is 0 Å². The summed E-state index contributed by atoms with van der Waals surface area (Å²) in [6.45, 7) is 11.7. The molecule has 0 amide bonds. The van der Waals surface area contributed by atoms with E-state index < -0.39 is 0 Å². The van der Waals surface area contributed by atoms with Crippen LogP contribution in [0.4, 0.5) is 0 Å².